The predicted molar refractivity (Wildman–Crippen MR) is 115 cm³/mol. The van der Waals surface area contributed by atoms with E-state index in [1.807, 2.05) is 75.4 Å². The van der Waals surface area contributed by atoms with Gasteiger partial charge in [0.1, 0.15) is 0 Å². The molecule has 0 unspecified atom stereocenters. The molecule has 0 spiro atoms. The van der Waals surface area contributed by atoms with Crippen molar-refractivity contribution >= 4 is 32.6 Å². The van der Waals surface area contributed by atoms with Gasteiger partial charge in [-0.05, 0) is 56.2 Å². The van der Waals surface area contributed by atoms with Gasteiger partial charge in [-0.1, -0.05) is 47.2 Å². The van der Waals surface area contributed by atoms with Gasteiger partial charge in [0.05, 0.1) is 22.5 Å². The first-order chi connectivity index (χ1) is 13.5. The number of fused-ring (bicyclic) bond motifs is 1. The van der Waals surface area contributed by atoms with Crippen molar-refractivity contribution in [3.05, 3.63) is 88.7 Å². The third-order valence-corrected chi connectivity index (χ3v) is 5.79. The van der Waals surface area contributed by atoms with E-state index in [4.69, 9.17) is 4.98 Å². The molecule has 2 heterocycles. The first-order valence-corrected chi connectivity index (χ1v) is 10.00. The van der Waals surface area contributed by atoms with E-state index in [-0.39, 0.29) is 5.91 Å². The number of rotatable bonds is 4. The number of pyridine rings is 1. The highest BCUT2D eigenvalue weighted by Gasteiger charge is 2.23. The Hall–Kier alpha value is -3.05. The van der Waals surface area contributed by atoms with Crippen molar-refractivity contribution in [3.8, 4) is 0 Å². The number of carbonyl (C=O) groups excluding carboxylic acids is 1. The van der Waals surface area contributed by atoms with Crippen LogP contribution in [-0.4, -0.2) is 15.9 Å². The standard InChI is InChI=1S/C23H21N3OS/c1-15-10-11-19(17(3)13-15)22(27)26(14-18-8-4-5-12-24-18)23-25-21-16(2)7-6-9-20(21)28-23/h4-13H,14H2,1-3H3. The van der Waals surface area contributed by atoms with Crippen molar-refractivity contribution in [2.24, 2.45) is 0 Å². The lowest BCUT2D eigenvalue weighted by Gasteiger charge is -2.20. The molecule has 1 amide bonds. The van der Waals surface area contributed by atoms with E-state index in [2.05, 4.69) is 4.98 Å². The summed E-state index contributed by atoms with van der Waals surface area (Å²) in [6.45, 7) is 6.43. The summed E-state index contributed by atoms with van der Waals surface area (Å²) in [4.78, 5) is 24.5. The van der Waals surface area contributed by atoms with Gasteiger partial charge in [0, 0.05) is 11.8 Å². The van der Waals surface area contributed by atoms with Gasteiger partial charge in [-0.15, -0.1) is 0 Å². The number of carbonyl (C=O) groups is 1. The zero-order valence-electron chi connectivity index (χ0n) is 16.1. The van der Waals surface area contributed by atoms with E-state index < -0.39 is 0 Å². The van der Waals surface area contributed by atoms with E-state index in [1.54, 1.807) is 11.1 Å². The molecule has 2 aromatic heterocycles. The molecule has 0 N–H and O–H groups in total. The molecule has 4 rings (SSSR count). The van der Waals surface area contributed by atoms with Crippen LogP contribution in [0.5, 0.6) is 0 Å². The summed E-state index contributed by atoms with van der Waals surface area (Å²) in [5, 5.41) is 0.694. The molecule has 0 bridgehead atoms. The van der Waals surface area contributed by atoms with Crippen LogP contribution in [0.1, 0.15) is 32.7 Å². The predicted octanol–water partition coefficient (Wildman–Crippen LogP) is 5.46. The number of benzene rings is 2. The summed E-state index contributed by atoms with van der Waals surface area (Å²) < 4.78 is 1.08. The number of hydrogen-bond acceptors (Lipinski definition) is 4. The Morgan fingerprint density at radius 2 is 1.86 bits per heavy atom. The fraction of sp³-hybridized carbons (Fsp3) is 0.174. The van der Waals surface area contributed by atoms with Gasteiger partial charge in [-0.2, -0.15) is 0 Å². The van der Waals surface area contributed by atoms with Crippen LogP contribution in [0.4, 0.5) is 5.13 Å². The Bertz CT molecular complexity index is 1150. The number of nitrogens with zero attached hydrogens (tertiary/aromatic N) is 3. The molecule has 5 heteroatoms. The van der Waals surface area contributed by atoms with Gasteiger partial charge in [-0.25, -0.2) is 4.98 Å². The van der Waals surface area contributed by atoms with E-state index in [0.717, 1.165) is 32.6 Å². The van der Waals surface area contributed by atoms with Crippen LogP contribution in [0.3, 0.4) is 0 Å². The maximum absolute atomic E-state index is 13.5. The van der Waals surface area contributed by atoms with Crippen molar-refractivity contribution in [2.45, 2.75) is 27.3 Å². The van der Waals surface area contributed by atoms with Gasteiger partial charge in [0.25, 0.3) is 5.91 Å². The van der Waals surface area contributed by atoms with Crippen LogP contribution >= 0.6 is 11.3 Å². The molecule has 4 nitrogen and oxygen atoms in total. The fourth-order valence-corrected chi connectivity index (χ4v) is 4.31. The molecular formula is C23H21N3OS. The van der Waals surface area contributed by atoms with E-state index in [0.29, 0.717) is 17.2 Å². The molecule has 0 aliphatic heterocycles. The maximum atomic E-state index is 13.5. The smallest absolute Gasteiger partial charge is 0.260 e. The van der Waals surface area contributed by atoms with Gasteiger partial charge in [0.2, 0.25) is 0 Å². The number of amides is 1. The minimum atomic E-state index is -0.0557. The monoisotopic (exact) mass is 387 g/mol. The number of hydrogen-bond donors (Lipinski definition) is 0. The van der Waals surface area contributed by atoms with Gasteiger partial charge < -0.3 is 0 Å². The molecule has 0 saturated carbocycles. The highest BCUT2D eigenvalue weighted by atomic mass is 32.1. The molecule has 0 aliphatic carbocycles. The minimum Gasteiger partial charge on any atom is -0.278 e. The molecule has 0 saturated heterocycles. The summed E-state index contributed by atoms with van der Waals surface area (Å²) in [5.74, 6) is -0.0557. The molecule has 0 aliphatic rings. The van der Waals surface area contributed by atoms with Crippen LogP contribution in [0.2, 0.25) is 0 Å². The Labute approximate surface area is 168 Å². The van der Waals surface area contributed by atoms with Crippen LogP contribution in [0.15, 0.2) is 60.8 Å². The third kappa shape index (κ3) is 3.53. The molecule has 4 aromatic rings. The average Bonchev–Trinajstić information content (AvgIpc) is 3.12. The molecule has 140 valence electrons. The average molecular weight is 388 g/mol. The van der Waals surface area contributed by atoms with Crippen molar-refractivity contribution < 1.29 is 4.79 Å². The first-order valence-electron chi connectivity index (χ1n) is 9.18. The van der Waals surface area contributed by atoms with Crippen LogP contribution < -0.4 is 4.90 Å². The molecule has 2 aromatic carbocycles. The van der Waals surface area contributed by atoms with Gasteiger partial charge in [-0.3, -0.25) is 14.7 Å². The number of aromatic nitrogens is 2. The first kappa shape index (κ1) is 18.3. The lowest BCUT2D eigenvalue weighted by Crippen LogP contribution is -2.31. The molecule has 0 radical (unpaired) electrons. The number of para-hydroxylation sites is 1. The second-order valence-electron chi connectivity index (χ2n) is 6.95. The Morgan fingerprint density at radius 3 is 2.57 bits per heavy atom. The SMILES string of the molecule is Cc1ccc(C(=O)N(Cc2ccccn2)c2nc3c(C)cccc3s2)c(C)c1. The van der Waals surface area contributed by atoms with Gasteiger partial charge in [0.15, 0.2) is 5.13 Å². The Balaban J connectivity index is 1.80. The summed E-state index contributed by atoms with van der Waals surface area (Å²) >= 11 is 1.54. The van der Waals surface area contributed by atoms with Crippen LogP contribution in [0.25, 0.3) is 10.2 Å². The Kier molecular flexibility index (Phi) is 4.92. The normalized spacial score (nSPS) is 11.0. The Morgan fingerprint density at radius 1 is 1.00 bits per heavy atom. The van der Waals surface area contributed by atoms with E-state index >= 15 is 0 Å². The topological polar surface area (TPSA) is 46.1 Å². The number of thiazole rings is 1. The molecule has 28 heavy (non-hydrogen) atoms. The lowest BCUT2D eigenvalue weighted by molar-refractivity contribution is 0.0984. The van der Waals surface area contributed by atoms with E-state index in [9.17, 15) is 4.79 Å². The maximum Gasteiger partial charge on any atom is 0.260 e. The highest BCUT2D eigenvalue weighted by molar-refractivity contribution is 7.22. The van der Waals surface area contributed by atoms with Crippen molar-refractivity contribution in [1.29, 1.82) is 0 Å². The van der Waals surface area contributed by atoms with E-state index in [1.165, 1.54) is 11.3 Å². The molecule has 0 fully saturated rings. The fourth-order valence-electron chi connectivity index (χ4n) is 3.27. The molecule has 0 atom stereocenters. The highest BCUT2D eigenvalue weighted by Crippen LogP contribution is 2.32. The zero-order chi connectivity index (χ0) is 19.7. The third-order valence-electron chi connectivity index (χ3n) is 4.74. The number of anilines is 1. The minimum absolute atomic E-state index is 0.0557. The van der Waals surface area contributed by atoms with Crippen LogP contribution in [0, 0.1) is 20.8 Å². The largest absolute Gasteiger partial charge is 0.278 e. The second kappa shape index (κ2) is 7.52. The van der Waals surface area contributed by atoms with Crippen molar-refractivity contribution in [1.82, 2.24) is 9.97 Å². The van der Waals surface area contributed by atoms with Crippen molar-refractivity contribution in [2.75, 3.05) is 4.90 Å². The summed E-state index contributed by atoms with van der Waals surface area (Å²) in [6, 6.07) is 17.8. The lowest BCUT2D eigenvalue weighted by atomic mass is 10.0. The quantitative estimate of drug-likeness (QED) is 0.467. The van der Waals surface area contributed by atoms with Crippen LogP contribution in [-0.2, 0) is 6.54 Å². The molecular weight excluding hydrogens is 366 g/mol. The summed E-state index contributed by atoms with van der Waals surface area (Å²) in [7, 11) is 0. The zero-order valence-corrected chi connectivity index (χ0v) is 17.0. The van der Waals surface area contributed by atoms with Gasteiger partial charge >= 0.3 is 0 Å². The summed E-state index contributed by atoms with van der Waals surface area (Å²) in [5.41, 5.74) is 5.68. The second-order valence-corrected chi connectivity index (χ2v) is 7.96. The number of aryl methyl sites for hydroxylation is 3. The summed E-state index contributed by atoms with van der Waals surface area (Å²) in [6.07, 6.45) is 1.75. The van der Waals surface area contributed by atoms with Crippen molar-refractivity contribution in [3.63, 3.8) is 0 Å².